The SMILES string of the molecule is O=C(OCc1nnc(-c2ccc(Br)o2)o1)c1cccc(OC(F)F)c1. The predicted molar refractivity (Wildman–Crippen MR) is 81.9 cm³/mol. The van der Waals surface area contributed by atoms with Gasteiger partial charge in [-0.2, -0.15) is 8.78 Å². The molecule has 2 heterocycles. The van der Waals surface area contributed by atoms with Crippen LogP contribution >= 0.6 is 15.9 Å². The molecule has 0 unspecified atom stereocenters. The monoisotopic (exact) mass is 414 g/mol. The van der Waals surface area contributed by atoms with Crippen molar-refractivity contribution >= 4 is 21.9 Å². The van der Waals surface area contributed by atoms with Gasteiger partial charge in [-0.25, -0.2) is 4.79 Å². The van der Waals surface area contributed by atoms with Crippen LogP contribution in [-0.2, 0) is 11.3 Å². The first kappa shape index (κ1) is 17.1. The number of hydrogen-bond donors (Lipinski definition) is 0. The average Bonchev–Trinajstić information content (AvgIpc) is 3.21. The van der Waals surface area contributed by atoms with Gasteiger partial charge < -0.3 is 18.3 Å². The van der Waals surface area contributed by atoms with Crippen molar-refractivity contribution in [2.24, 2.45) is 0 Å². The molecule has 0 aliphatic rings. The Morgan fingerprint density at radius 1 is 1.20 bits per heavy atom. The molecule has 7 nitrogen and oxygen atoms in total. The summed E-state index contributed by atoms with van der Waals surface area (Å²) in [6.07, 6.45) is 0. The number of rotatable bonds is 6. The molecule has 25 heavy (non-hydrogen) atoms. The van der Waals surface area contributed by atoms with Gasteiger partial charge in [-0.1, -0.05) is 6.07 Å². The Hall–Kier alpha value is -2.75. The van der Waals surface area contributed by atoms with Crippen molar-refractivity contribution in [3.05, 3.63) is 52.5 Å². The van der Waals surface area contributed by atoms with E-state index < -0.39 is 12.6 Å². The molecule has 0 spiro atoms. The lowest BCUT2D eigenvalue weighted by molar-refractivity contribution is -0.0499. The Labute approximate surface area is 147 Å². The first-order chi connectivity index (χ1) is 12.0. The molecular weight excluding hydrogens is 406 g/mol. The summed E-state index contributed by atoms with van der Waals surface area (Å²) in [5.41, 5.74) is 0.0489. The third-order valence-corrected chi connectivity index (χ3v) is 3.30. The number of benzene rings is 1. The maximum atomic E-state index is 12.2. The van der Waals surface area contributed by atoms with E-state index in [0.717, 1.165) is 6.07 Å². The molecule has 0 saturated carbocycles. The van der Waals surface area contributed by atoms with Crippen LogP contribution in [0.2, 0.25) is 0 Å². The Bertz CT molecular complexity index is 880. The van der Waals surface area contributed by atoms with Crippen LogP contribution in [0.3, 0.4) is 0 Å². The summed E-state index contributed by atoms with van der Waals surface area (Å²) in [7, 11) is 0. The lowest BCUT2D eigenvalue weighted by Crippen LogP contribution is -2.07. The van der Waals surface area contributed by atoms with E-state index in [1.165, 1.54) is 18.2 Å². The fourth-order valence-corrected chi connectivity index (χ4v) is 2.16. The molecule has 3 aromatic rings. The number of nitrogens with zero attached hydrogens (tertiary/aromatic N) is 2. The van der Waals surface area contributed by atoms with Crippen LogP contribution in [0.15, 0.2) is 49.9 Å². The molecule has 0 bridgehead atoms. The number of furan rings is 1. The molecule has 10 heteroatoms. The zero-order valence-corrected chi connectivity index (χ0v) is 13.9. The molecular formula is C15H9BrF2N2O5. The van der Waals surface area contributed by atoms with Crippen LogP contribution in [0.1, 0.15) is 16.2 Å². The number of ether oxygens (including phenoxy) is 2. The topological polar surface area (TPSA) is 87.6 Å². The molecule has 1 aromatic carbocycles. The van der Waals surface area contributed by atoms with Crippen molar-refractivity contribution in [1.29, 1.82) is 0 Å². The van der Waals surface area contributed by atoms with Gasteiger partial charge in [0.15, 0.2) is 17.0 Å². The highest BCUT2D eigenvalue weighted by Crippen LogP contribution is 2.24. The fourth-order valence-electron chi connectivity index (χ4n) is 1.85. The van der Waals surface area contributed by atoms with Crippen LogP contribution in [0.4, 0.5) is 8.78 Å². The second-order valence-corrected chi connectivity index (χ2v) is 5.37. The summed E-state index contributed by atoms with van der Waals surface area (Å²) in [5.74, 6) is -0.359. The number of esters is 1. The molecule has 0 atom stereocenters. The van der Waals surface area contributed by atoms with Gasteiger partial charge in [0.2, 0.25) is 0 Å². The van der Waals surface area contributed by atoms with Crippen LogP contribution < -0.4 is 4.74 Å². The van der Waals surface area contributed by atoms with E-state index in [1.807, 2.05) is 0 Å². The summed E-state index contributed by atoms with van der Waals surface area (Å²) < 4.78 is 44.7. The largest absolute Gasteiger partial charge is 0.452 e. The van der Waals surface area contributed by atoms with E-state index in [0.29, 0.717) is 10.4 Å². The van der Waals surface area contributed by atoms with Gasteiger partial charge in [0.25, 0.3) is 11.8 Å². The number of carbonyl (C=O) groups excluding carboxylic acids is 1. The van der Waals surface area contributed by atoms with Crippen molar-refractivity contribution < 1.29 is 31.9 Å². The molecule has 2 aromatic heterocycles. The maximum absolute atomic E-state index is 12.2. The standard InChI is InChI=1S/C15H9BrF2N2O5/c16-11-5-4-10(24-11)13-20-19-12(25-13)7-22-14(21)8-2-1-3-9(6-8)23-15(17)18/h1-6,15H,7H2. The van der Waals surface area contributed by atoms with Gasteiger partial charge in [0.05, 0.1) is 5.56 Å². The van der Waals surface area contributed by atoms with E-state index in [1.54, 1.807) is 12.1 Å². The van der Waals surface area contributed by atoms with E-state index in [-0.39, 0.29) is 29.7 Å². The van der Waals surface area contributed by atoms with Crippen molar-refractivity contribution in [3.8, 4) is 17.4 Å². The van der Waals surface area contributed by atoms with Crippen LogP contribution in [-0.4, -0.2) is 22.8 Å². The number of halogens is 3. The quantitative estimate of drug-likeness (QED) is 0.562. The lowest BCUT2D eigenvalue weighted by Gasteiger charge is -2.06. The van der Waals surface area contributed by atoms with Crippen molar-refractivity contribution in [2.45, 2.75) is 13.2 Å². The smallest absolute Gasteiger partial charge is 0.387 e. The highest BCUT2D eigenvalue weighted by molar-refractivity contribution is 9.10. The normalized spacial score (nSPS) is 10.9. The first-order valence-corrected chi connectivity index (χ1v) is 7.60. The van der Waals surface area contributed by atoms with Gasteiger partial charge in [0, 0.05) is 0 Å². The van der Waals surface area contributed by atoms with E-state index in [2.05, 4.69) is 30.9 Å². The van der Waals surface area contributed by atoms with Crippen molar-refractivity contribution in [3.63, 3.8) is 0 Å². The molecule has 0 radical (unpaired) electrons. The van der Waals surface area contributed by atoms with E-state index >= 15 is 0 Å². The molecule has 0 aliphatic heterocycles. The van der Waals surface area contributed by atoms with Crippen molar-refractivity contribution in [2.75, 3.05) is 0 Å². The summed E-state index contributed by atoms with van der Waals surface area (Å²) in [4.78, 5) is 12.0. The minimum atomic E-state index is -2.98. The van der Waals surface area contributed by atoms with Gasteiger partial charge in [-0.3, -0.25) is 0 Å². The van der Waals surface area contributed by atoms with Gasteiger partial charge in [0.1, 0.15) is 5.75 Å². The number of alkyl halides is 2. The molecule has 0 aliphatic carbocycles. The molecule has 130 valence electrons. The minimum absolute atomic E-state index is 0.0489. The molecule has 0 amide bonds. The van der Waals surface area contributed by atoms with E-state index in [9.17, 15) is 13.6 Å². The Kier molecular flexibility index (Phi) is 5.08. The lowest BCUT2D eigenvalue weighted by atomic mass is 10.2. The second kappa shape index (κ2) is 7.43. The molecule has 0 N–H and O–H groups in total. The van der Waals surface area contributed by atoms with Crippen LogP contribution in [0.25, 0.3) is 11.7 Å². The van der Waals surface area contributed by atoms with Gasteiger partial charge in [-0.15, -0.1) is 10.2 Å². The van der Waals surface area contributed by atoms with Crippen LogP contribution in [0.5, 0.6) is 5.75 Å². The number of aromatic nitrogens is 2. The highest BCUT2D eigenvalue weighted by atomic mass is 79.9. The fraction of sp³-hybridized carbons (Fsp3) is 0.133. The molecule has 3 rings (SSSR count). The van der Waals surface area contributed by atoms with Gasteiger partial charge >= 0.3 is 12.6 Å². The van der Waals surface area contributed by atoms with E-state index in [4.69, 9.17) is 13.6 Å². The summed E-state index contributed by atoms with van der Waals surface area (Å²) in [6.45, 7) is -3.27. The first-order valence-electron chi connectivity index (χ1n) is 6.81. The Morgan fingerprint density at radius 3 is 2.76 bits per heavy atom. The summed E-state index contributed by atoms with van der Waals surface area (Å²) in [5, 5.41) is 7.50. The molecule has 0 saturated heterocycles. The predicted octanol–water partition coefficient (Wildman–Crippen LogP) is 4.05. The zero-order chi connectivity index (χ0) is 17.8. The zero-order valence-electron chi connectivity index (χ0n) is 12.3. The van der Waals surface area contributed by atoms with Crippen molar-refractivity contribution in [1.82, 2.24) is 10.2 Å². The number of hydrogen-bond acceptors (Lipinski definition) is 7. The maximum Gasteiger partial charge on any atom is 0.387 e. The van der Waals surface area contributed by atoms with Crippen LogP contribution in [0, 0.1) is 0 Å². The Balaban J connectivity index is 1.62. The third kappa shape index (κ3) is 4.41. The Morgan fingerprint density at radius 2 is 2.04 bits per heavy atom. The summed E-state index contributed by atoms with van der Waals surface area (Å²) >= 11 is 3.15. The minimum Gasteiger partial charge on any atom is -0.452 e. The highest BCUT2D eigenvalue weighted by Gasteiger charge is 2.15. The summed E-state index contributed by atoms with van der Waals surface area (Å²) in [6, 6.07) is 8.53. The average molecular weight is 415 g/mol. The molecule has 0 fully saturated rings. The third-order valence-electron chi connectivity index (χ3n) is 2.87. The second-order valence-electron chi connectivity index (χ2n) is 4.59. The number of carbonyl (C=O) groups is 1. The van der Waals surface area contributed by atoms with Gasteiger partial charge in [-0.05, 0) is 46.3 Å².